The van der Waals surface area contributed by atoms with Gasteiger partial charge in [-0.25, -0.2) is 4.18 Å². The summed E-state index contributed by atoms with van der Waals surface area (Å²) in [5.74, 6) is -1.36. The molecule has 6 saturated heterocycles. The van der Waals surface area contributed by atoms with Crippen LogP contribution in [-0.2, 0) is 85.8 Å². The number of rotatable bonds is 17. The smallest absolute Gasteiger partial charge is 0.397 e. The maximum absolute atomic E-state index is 14.7. The monoisotopic (exact) mass is 1310 g/mol. The molecule has 6 aliphatic heterocycles. The largest absolute Gasteiger partial charge is 0.462 e. The van der Waals surface area contributed by atoms with E-state index in [1.165, 1.54) is 21.0 Å². The van der Waals surface area contributed by atoms with Gasteiger partial charge in [0.1, 0.15) is 109 Å². The third-order valence-corrected chi connectivity index (χ3v) is 22.0. The molecule has 0 unspecified atom stereocenters. The van der Waals surface area contributed by atoms with Gasteiger partial charge in [0.25, 0.3) is 0 Å². The zero-order valence-electron chi connectivity index (χ0n) is 52.1. The number of aliphatic hydroxyl groups excluding tert-OH is 10. The van der Waals surface area contributed by atoms with Gasteiger partial charge in [0, 0.05) is 19.4 Å². The lowest BCUT2D eigenvalue weighted by Crippen LogP contribution is -2.67. The van der Waals surface area contributed by atoms with Crippen molar-refractivity contribution < 1.29 is 139 Å². The Hall–Kier alpha value is -2.81. The summed E-state index contributed by atoms with van der Waals surface area (Å²) in [6.07, 6.45) is -28.5. The van der Waals surface area contributed by atoms with Crippen molar-refractivity contribution >= 4 is 22.3 Å². The average Bonchev–Trinajstić information content (AvgIpc) is 1.46. The fraction of sp³-hybridized carbons (Fsp3) is 0.867. The maximum Gasteiger partial charge on any atom is 0.397 e. The van der Waals surface area contributed by atoms with Crippen LogP contribution in [0.4, 0.5) is 0 Å². The summed E-state index contributed by atoms with van der Waals surface area (Å²) in [4.78, 5) is 27.6. The summed E-state index contributed by atoms with van der Waals surface area (Å²) in [5, 5.41) is 111. The molecule has 0 aromatic carbocycles. The SMILES string of the molecule is CO[C@@H]1[C@@H](O)[C@H](O[C@@H]2[C@@H](O)[C@H](O[C@H]3[C@H](O)[C@@H](O[C@@H]4OC[C@@H](O)[C@H](O)[C@H]4O)[C@H](O[C@H]4[C@H](O[C@H]5CC[C@]6(C)[C@H]7CC[C@]89C(=O)O[C@@](C)(/C=C/C=C(C)C)[C@H]8[C@@H](OC(C)=O)C[C@@]9(C)C7=CC[C@H]6C5(C)C)OC[C@@H](OS(=O)(=O)O)[C@@H]4O)O[C@@H]3C)O[C@H](CO)[C@H]2O)OC[C@H]1O. The molecule has 10 rings (SSSR count). The molecule has 1 spiro atoms. The number of hydrogen-bond acceptors (Lipinski definition) is 28. The van der Waals surface area contributed by atoms with Gasteiger partial charge in [-0.3, -0.25) is 14.1 Å². The quantitative estimate of drug-likeness (QED) is 0.0355. The molecule has 29 nitrogen and oxygen atoms in total. The number of carbonyl (C=O) groups is 2. The number of allylic oxidation sites excluding steroid dienone is 5. The summed E-state index contributed by atoms with van der Waals surface area (Å²) in [6.45, 7) is 14.6. The van der Waals surface area contributed by atoms with Gasteiger partial charge < -0.3 is 113 Å². The molecule has 31 atom stereocenters. The van der Waals surface area contributed by atoms with Crippen LogP contribution in [0.1, 0.15) is 101 Å². The van der Waals surface area contributed by atoms with Crippen molar-refractivity contribution in [2.45, 2.75) is 254 Å². The van der Waals surface area contributed by atoms with Crippen molar-refractivity contribution in [1.29, 1.82) is 0 Å². The Morgan fingerprint density at radius 3 is 1.97 bits per heavy atom. The minimum Gasteiger partial charge on any atom is -0.462 e. The summed E-state index contributed by atoms with van der Waals surface area (Å²) >= 11 is 0. The van der Waals surface area contributed by atoms with Gasteiger partial charge in [-0.1, -0.05) is 57.1 Å². The number of fused-ring (bicyclic) bond motifs is 4. The van der Waals surface area contributed by atoms with Crippen LogP contribution in [0.3, 0.4) is 0 Å². The Labute approximate surface area is 522 Å². The predicted molar refractivity (Wildman–Crippen MR) is 302 cm³/mol. The molecule has 0 aromatic heterocycles. The van der Waals surface area contributed by atoms with Crippen LogP contribution in [0.2, 0.25) is 0 Å². The second kappa shape index (κ2) is 26.3. The first kappa shape index (κ1) is 70.0. The van der Waals surface area contributed by atoms with Crippen LogP contribution in [-0.4, -0.2) is 263 Å². The molecular weight excluding hydrogens is 1220 g/mol. The Bertz CT molecular complexity index is 2780. The average molecular weight is 1310 g/mol. The van der Waals surface area contributed by atoms with Crippen molar-refractivity contribution in [2.75, 3.05) is 33.5 Å². The zero-order chi connectivity index (χ0) is 65.7. The van der Waals surface area contributed by atoms with Crippen LogP contribution in [0.25, 0.3) is 0 Å². The number of hydrogen-bond donors (Lipinski definition) is 11. The Kier molecular flexibility index (Phi) is 20.5. The highest BCUT2D eigenvalue weighted by atomic mass is 32.3. The molecule has 9 fully saturated rings. The van der Waals surface area contributed by atoms with E-state index in [2.05, 4.69) is 33.8 Å². The van der Waals surface area contributed by atoms with E-state index in [1.54, 1.807) is 0 Å². The van der Waals surface area contributed by atoms with Crippen LogP contribution < -0.4 is 0 Å². The van der Waals surface area contributed by atoms with Crippen LogP contribution in [0, 0.1) is 39.4 Å². The van der Waals surface area contributed by atoms with E-state index in [0.717, 1.165) is 11.1 Å². The highest BCUT2D eigenvalue weighted by Crippen LogP contribution is 2.76. The zero-order valence-corrected chi connectivity index (χ0v) is 53.0. The maximum atomic E-state index is 14.7. The summed E-state index contributed by atoms with van der Waals surface area (Å²) in [5.41, 5.74) is -1.74. The molecule has 10 aliphatic rings. The van der Waals surface area contributed by atoms with Crippen molar-refractivity contribution in [3.05, 3.63) is 35.5 Å². The van der Waals surface area contributed by atoms with Gasteiger partial charge in [-0.2, -0.15) is 8.42 Å². The lowest BCUT2D eigenvalue weighted by Gasteiger charge is -2.63. The standard InChI is InChI=1S/C60H92O29S/c1-25(2)12-11-17-59(9)49-32(81-27(4)62)20-58(8)29-13-14-35-56(5,6)36(16-18-57(35,7)28(29)15-19-60(49,58)55(72)88-59)83-53-47(39(67)34(24-79-53)89-90(73,74)75)87-54-48(86-50-40(68)37(65)30(63)22-77-50)41(69)44(26(3)80-54)84-52-43(71)46(38(66)33(21-61)82-52)85-51-42(70)45(76-10)31(64)23-78-51/h11-13,17,26,28,30-54,61,63-71H,14-16,18-24H2,1-10H3,(H,73,74,75)/b17-11+/t26-,28+,30-,31-,32+,33-,34-,35+,36+,37+,38-,39+,40-,41+,42-,43-,44-,45+,46+,47-,48-,49-,50+,51+,52+,53+,54+,57-,58+,59+,60-/m1/s1. The molecule has 0 bridgehead atoms. The van der Waals surface area contributed by atoms with E-state index >= 15 is 0 Å². The molecule has 512 valence electrons. The van der Waals surface area contributed by atoms with Crippen molar-refractivity contribution in [2.24, 2.45) is 39.4 Å². The van der Waals surface area contributed by atoms with Crippen LogP contribution >= 0.6 is 0 Å². The molecule has 6 heterocycles. The number of carbonyl (C=O) groups excluding carboxylic acids is 2. The third-order valence-electron chi connectivity index (χ3n) is 21.5. The first-order valence-corrected chi connectivity index (χ1v) is 32.3. The summed E-state index contributed by atoms with van der Waals surface area (Å²) < 4.78 is 118. The van der Waals surface area contributed by atoms with E-state index in [0.29, 0.717) is 38.5 Å². The van der Waals surface area contributed by atoms with Gasteiger partial charge in [0.15, 0.2) is 31.5 Å². The Morgan fingerprint density at radius 2 is 1.31 bits per heavy atom. The van der Waals surface area contributed by atoms with Gasteiger partial charge in [0.05, 0.1) is 50.0 Å². The molecule has 0 aromatic rings. The third kappa shape index (κ3) is 12.5. The normalized spacial score (nSPS) is 50.2. The minimum absolute atomic E-state index is 0.0276. The first-order chi connectivity index (χ1) is 42.2. The molecule has 3 saturated carbocycles. The lowest BCUT2D eigenvalue weighted by atomic mass is 9.41. The van der Waals surface area contributed by atoms with Crippen molar-refractivity contribution in [1.82, 2.24) is 0 Å². The van der Waals surface area contributed by atoms with Gasteiger partial charge in [-0.05, 0) is 95.0 Å². The Morgan fingerprint density at radius 1 is 0.689 bits per heavy atom. The number of methoxy groups -OCH3 is 1. The van der Waals surface area contributed by atoms with Crippen LogP contribution in [0.15, 0.2) is 35.5 Å². The number of ether oxygens (including phenoxy) is 13. The van der Waals surface area contributed by atoms with Gasteiger partial charge >= 0.3 is 22.3 Å². The topological polar surface area (TPSA) is 420 Å². The lowest BCUT2D eigenvalue weighted by molar-refractivity contribution is -0.402. The van der Waals surface area contributed by atoms with E-state index in [-0.39, 0.29) is 24.4 Å². The van der Waals surface area contributed by atoms with Crippen molar-refractivity contribution in [3.8, 4) is 0 Å². The number of cyclic esters (lactones) is 1. The highest BCUT2D eigenvalue weighted by molar-refractivity contribution is 7.80. The molecule has 30 heteroatoms. The molecule has 0 radical (unpaired) electrons. The summed E-state index contributed by atoms with van der Waals surface area (Å²) in [7, 11) is -4.04. The molecule has 0 amide bonds. The van der Waals surface area contributed by atoms with Crippen molar-refractivity contribution in [3.63, 3.8) is 0 Å². The van der Waals surface area contributed by atoms with E-state index in [4.69, 9.17) is 65.8 Å². The first-order valence-electron chi connectivity index (χ1n) is 30.9. The molecular formula is C60H92O29S. The molecule has 4 aliphatic carbocycles. The predicted octanol–water partition coefficient (Wildman–Crippen LogP) is -1.14. The molecule has 11 N–H and O–H groups in total. The number of esters is 2. The van der Waals surface area contributed by atoms with Crippen LogP contribution in [0.5, 0.6) is 0 Å². The number of aliphatic hydroxyl groups is 10. The summed E-state index contributed by atoms with van der Waals surface area (Å²) in [6, 6.07) is 0. The van der Waals surface area contributed by atoms with E-state index in [9.17, 15) is 73.6 Å². The van der Waals surface area contributed by atoms with E-state index in [1.807, 2.05) is 39.0 Å². The minimum atomic E-state index is -5.27. The van der Waals surface area contributed by atoms with Gasteiger partial charge in [-0.15, -0.1) is 0 Å². The molecule has 90 heavy (non-hydrogen) atoms. The van der Waals surface area contributed by atoms with E-state index < -0.39 is 217 Å². The van der Waals surface area contributed by atoms with Gasteiger partial charge in [0.2, 0.25) is 0 Å². The Balaban J connectivity index is 0.919. The fourth-order valence-electron chi connectivity index (χ4n) is 17.1. The fourth-order valence-corrected chi connectivity index (χ4v) is 17.6. The highest BCUT2D eigenvalue weighted by Gasteiger charge is 2.79. The second-order valence-electron chi connectivity index (χ2n) is 27.6. The second-order valence-corrected chi connectivity index (χ2v) is 28.7.